The molecule has 0 bridgehead atoms. The molecule has 4 unspecified atom stereocenters. The summed E-state index contributed by atoms with van der Waals surface area (Å²) in [5.41, 5.74) is -0.206. The standard InChI is InChI=1S/C82H148N4O20P2.2Na/c1-7-13-19-25-27-29-31-37-43-53-79(91)105-73(49-41-35-23-17-11-5)63-77(89)85-69(65-99-59-55-71(87)47-39-33-21-15-9-3)67-103-107(95,96)101-61-57-83-81(93)75-51-45-46-52-76(75)82(94)84-58-62-102-108(97,98)104-68-70(66-100-60-56-72(88)48-40-34-22-16-10-4)86-78(90)64-74(50-42-36-24-18-12-6)106-80(92)54-44-38-32-30-28-26-20-14-8-2;;/h29-32,45-46,51-52,69-74,87-88H,7-28,33-44,47-50,53-68H2,1-6H3,(H,83,93)(H,84,94)(H,85,89)(H,86,90)(H,95,96)(H,97,98);;/q;2*+1/p-2/b31-29-,32-30-;;/t69?,70?,71-,72-,73-,74-;;/m1../s1. The number of unbranched alkanes of at least 4 members (excludes halogenated alkanes) is 26. The summed E-state index contributed by atoms with van der Waals surface area (Å²) in [5, 5.41) is 31.9. The molecule has 6 N–H and O–H groups in total. The second-order valence-corrected chi connectivity index (χ2v) is 31.5. The van der Waals surface area contributed by atoms with Gasteiger partial charge in [-0.2, -0.15) is 0 Å². The van der Waals surface area contributed by atoms with Crippen LogP contribution >= 0.6 is 15.6 Å². The Morgan fingerprint density at radius 1 is 0.400 bits per heavy atom. The van der Waals surface area contributed by atoms with Crippen molar-refractivity contribution in [2.75, 3.05) is 65.9 Å². The molecule has 1 aromatic rings. The summed E-state index contributed by atoms with van der Waals surface area (Å²) in [6.45, 7) is 9.67. The van der Waals surface area contributed by atoms with Crippen molar-refractivity contribution in [3.8, 4) is 0 Å². The second-order valence-electron chi connectivity index (χ2n) is 28.6. The van der Waals surface area contributed by atoms with Crippen LogP contribution in [0.15, 0.2) is 48.6 Å². The van der Waals surface area contributed by atoms with Gasteiger partial charge < -0.3 is 78.3 Å². The van der Waals surface area contributed by atoms with Crippen molar-refractivity contribution < 1.29 is 154 Å². The van der Waals surface area contributed by atoms with E-state index >= 15 is 0 Å². The van der Waals surface area contributed by atoms with E-state index in [4.69, 9.17) is 37.0 Å². The maximum Gasteiger partial charge on any atom is 1.00 e. The number of esters is 2. The molecule has 0 aliphatic rings. The number of hydrogen-bond acceptors (Lipinski definition) is 20. The number of nitrogens with one attached hydrogen (secondary N) is 4. The number of carbonyl (C=O) groups excluding carboxylic acids is 6. The van der Waals surface area contributed by atoms with Gasteiger partial charge in [0.15, 0.2) is 0 Å². The predicted molar refractivity (Wildman–Crippen MR) is 423 cm³/mol. The average molecular weight is 1620 g/mol. The van der Waals surface area contributed by atoms with E-state index in [0.29, 0.717) is 51.4 Å². The normalized spacial score (nSPS) is 14.3. The minimum atomic E-state index is -5.09. The number of phosphoric acid groups is 2. The fourth-order valence-electron chi connectivity index (χ4n) is 12.0. The molecule has 0 heterocycles. The van der Waals surface area contributed by atoms with Gasteiger partial charge in [-0.15, -0.1) is 0 Å². The number of ether oxygens (including phenoxy) is 4. The Labute approximate surface area is 707 Å². The monoisotopic (exact) mass is 1610 g/mol. The van der Waals surface area contributed by atoms with Crippen LogP contribution in [0.3, 0.4) is 0 Å². The zero-order chi connectivity index (χ0) is 79.4. The molecule has 28 heteroatoms. The number of allylic oxidation sites excluding steroid dienone is 4. The van der Waals surface area contributed by atoms with E-state index < -0.39 is 114 Å². The molecule has 24 nitrogen and oxygen atoms in total. The number of carbonyl (C=O) groups is 6. The summed E-state index contributed by atoms with van der Waals surface area (Å²) in [6, 6.07) is 3.72. The van der Waals surface area contributed by atoms with Crippen LogP contribution in [-0.2, 0) is 65.4 Å². The van der Waals surface area contributed by atoms with Crippen LogP contribution in [0.25, 0.3) is 0 Å². The van der Waals surface area contributed by atoms with Crippen molar-refractivity contribution in [1.29, 1.82) is 0 Å². The second kappa shape index (κ2) is 75.3. The summed E-state index contributed by atoms with van der Waals surface area (Å²) >= 11 is 0. The molecule has 0 fully saturated rings. The molecule has 0 radical (unpaired) electrons. The minimum Gasteiger partial charge on any atom is -0.756 e. The van der Waals surface area contributed by atoms with E-state index in [1.54, 1.807) is 0 Å². The molecule has 0 aliphatic heterocycles. The van der Waals surface area contributed by atoms with Crippen LogP contribution in [0.2, 0.25) is 0 Å². The van der Waals surface area contributed by atoms with Gasteiger partial charge in [0, 0.05) is 39.1 Å². The van der Waals surface area contributed by atoms with Gasteiger partial charge in [0.05, 0.1) is 87.9 Å². The number of hydrogen-bond donors (Lipinski definition) is 6. The van der Waals surface area contributed by atoms with Gasteiger partial charge in [-0.1, -0.05) is 232 Å². The maximum atomic E-state index is 13.7. The van der Waals surface area contributed by atoms with E-state index in [1.165, 1.54) is 62.8 Å². The summed E-state index contributed by atoms with van der Waals surface area (Å²) < 4.78 is 70.6. The molecule has 0 spiro atoms. The molecule has 0 aromatic heterocycles. The SMILES string of the molecule is CCCCCC/C=C\CCCC(=O)O[C@H](CCCCCCC)CC(=O)NC(COCC[C@H](O)CCCCCCC)COP(=O)([O-])OCCNC(=O)c1ccccc1C(=O)NCCOP(=O)([O-])OCC(COCC[C@H](O)CCCCCCC)NC(=O)C[C@@H](CCCCCCC)OC(=O)CCC/C=C\CCCCCC.[Na+].[Na+]. The molecule has 0 saturated heterocycles. The quantitative estimate of drug-likeness (QED) is 0.0116. The van der Waals surface area contributed by atoms with E-state index in [2.05, 4.69) is 87.1 Å². The van der Waals surface area contributed by atoms with Crippen molar-refractivity contribution in [2.45, 2.75) is 361 Å². The zero-order valence-corrected chi connectivity index (χ0v) is 75.2. The first-order valence-electron chi connectivity index (χ1n) is 41.9. The Kier molecular flexibility index (Phi) is 75.1. The number of phosphoric ester groups is 2. The van der Waals surface area contributed by atoms with Gasteiger partial charge in [-0.05, 0) is 115 Å². The first-order chi connectivity index (χ1) is 52.2. The van der Waals surface area contributed by atoms with E-state index in [1.807, 2.05) is 0 Å². The van der Waals surface area contributed by atoms with Gasteiger partial charge in [0.2, 0.25) is 11.8 Å². The van der Waals surface area contributed by atoms with E-state index in [9.17, 15) is 57.9 Å². The number of aliphatic hydroxyl groups excluding tert-OH is 2. The van der Waals surface area contributed by atoms with E-state index in [0.717, 1.165) is 167 Å². The molecular formula is C82H146N4Na2O20P2. The number of aliphatic hydroxyl groups is 2. The Balaban J connectivity index is 0. The molecule has 8 atom stereocenters. The largest absolute Gasteiger partial charge is 1.00 e. The van der Waals surface area contributed by atoms with Crippen LogP contribution in [0.1, 0.15) is 345 Å². The molecule has 1 rings (SSSR count). The minimum absolute atomic E-state index is 0. The number of rotatable bonds is 76. The third-order valence-electron chi connectivity index (χ3n) is 18.4. The summed E-state index contributed by atoms with van der Waals surface area (Å²) in [5.74, 6) is -3.35. The first-order valence-corrected chi connectivity index (χ1v) is 44.8. The van der Waals surface area contributed by atoms with Gasteiger partial charge in [0.1, 0.15) is 12.2 Å². The van der Waals surface area contributed by atoms with Crippen LogP contribution in [-0.4, -0.2) is 148 Å². The molecule has 626 valence electrons. The van der Waals surface area contributed by atoms with Gasteiger partial charge in [-0.25, -0.2) is 0 Å². The van der Waals surface area contributed by atoms with Crippen molar-refractivity contribution in [3.63, 3.8) is 0 Å². The number of amides is 4. The molecule has 0 aliphatic carbocycles. The van der Waals surface area contributed by atoms with Crippen LogP contribution in [0.4, 0.5) is 0 Å². The van der Waals surface area contributed by atoms with Gasteiger partial charge in [-0.3, -0.25) is 37.9 Å². The topological polar surface area (TPSA) is 345 Å². The summed E-state index contributed by atoms with van der Waals surface area (Å²) in [7, 11) is -10.2. The molecule has 110 heavy (non-hydrogen) atoms. The smallest absolute Gasteiger partial charge is 0.756 e. The van der Waals surface area contributed by atoms with Gasteiger partial charge >= 0.3 is 71.1 Å². The van der Waals surface area contributed by atoms with Crippen molar-refractivity contribution in [3.05, 3.63) is 59.7 Å². The van der Waals surface area contributed by atoms with Crippen LogP contribution in [0, 0.1) is 0 Å². The summed E-state index contributed by atoms with van der Waals surface area (Å²) in [6.07, 6.45) is 42.8. The van der Waals surface area contributed by atoms with Crippen molar-refractivity contribution >= 4 is 51.2 Å². The van der Waals surface area contributed by atoms with Crippen molar-refractivity contribution in [1.82, 2.24) is 21.3 Å². The third kappa shape index (κ3) is 65.7. The Hall–Kier alpha value is -2.42. The van der Waals surface area contributed by atoms with E-state index in [-0.39, 0.29) is 135 Å². The molecule has 4 amide bonds. The zero-order valence-electron chi connectivity index (χ0n) is 69.4. The van der Waals surface area contributed by atoms with Crippen molar-refractivity contribution in [2.24, 2.45) is 0 Å². The third-order valence-corrected chi connectivity index (χ3v) is 20.3. The first kappa shape index (κ1) is 110. The fourth-order valence-corrected chi connectivity index (χ4v) is 13.5. The Bertz CT molecular complexity index is 2450. The summed E-state index contributed by atoms with van der Waals surface area (Å²) in [4.78, 5) is 107. The number of benzene rings is 1. The average Bonchev–Trinajstić information content (AvgIpc) is 0.843. The maximum absolute atomic E-state index is 13.7. The van der Waals surface area contributed by atoms with Gasteiger partial charge in [0.25, 0.3) is 27.5 Å². The Morgan fingerprint density at radius 2 is 0.709 bits per heavy atom. The van der Waals surface area contributed by atoms with Crippen LogP contribution < -0.4 is 90.2 Å². The molecule has 0 saturated carbocycles. The Morgan fingerprint density at radius 3 is 1.05 bits per heavy atom. The molecular weight excluding hydrogens is 1470 g/mol. The fraction of sp³-hybridized carbons (Fsp3) is 0.805. The predicted octanol–water partition coefficient (Wildman–Crippen LogP) is 10.1. The van der Waals surface area contributed by atoms with Crippen LogP contribution in [0.5, 0.6) is 0 Å². The molecule has 1 aromatic carbocycles.